The molecule has 0 unspecified atom stereocenters. The molecule has 28 heavy (non-hydrogen) atoms. The predicted molar refractivity (Wildman–Crippen MR) is 108 cm³/mol. The second-order valence-electron chi connectivity index (χ2n) is 6.17. The van der Waals surface area contributed by atoms with Crippen molar-refractivity contribution in [2.75, 3.05) is 11.9 Å². The van der Waals surface area contributed by atoms with Crippen LogP contribution in [0.5, 0.6) is 11.5 Å². The van der Waals surface area contributed by atoms with Crippen molar-refractivity contribution >= 4 is 17.6 Å². The van der Waals surface area contributed by atoms with Gasteiger partial charge in [-0.15, -0.1) is 0 Å². The minimum absolute atomic E-state index is 0.270. The van der Waals surface area contributed by atoms with E-state index in [-0.39, 0.29) is 12.5 Å². The van der Waals surface area contributed by atoms with Gasteiger partial charge in [0.15, 0.2) is 5.75 Å². The molecule has 1 N–H and O–H groups in total. The Morgan fingerprint density at radius 1 is 0.893 bits per heavy atom. The van der Waals surface area contributed by atoms with Crippen LogP contribution in [-0.4, -0.2) is 18.5 Å². The van der Waals surface area contributed by atoms with Crippen LogP contribution in [0.15, 0.2) is 72.8 Å². The summed E-state index contributed by atoms with van der Waals surface area (Å²) < 4.78 is 11.0. The Morgan fingerprint density at radius 2 is 1.61 bits per heavy atom. The van der Waals surface area contributed by atoms with Gasteiger partial charge in [-0.05, 0) is 56.3 Å². The molecule has 5 nitrogen and oxygen atoms in total. The Labute approximate surface area is 163 Å². The van der Waals surface area contributed by atoms with Crippen LogP contribution in [0.1, 0.15) is 33.2 Å². The number of aryl methyl sites for hydroxylation is 1. The number of benzene rings is 3. The van der Waals surface area contributed by atoms with Gasteiger partial charge in [-0.3, -0.25) is 4.79 Å². The third-order valence-electron chi connectivity index (χ3n) is 4.02. The second-order valence-corrected chi connectivity index (χ2v) is 6.17. The van der Waals surface area contributed by atoms with Crippen LogP contribution in [0.4, 0.5) is 5.69 Å². The Hall–Kier alpha value is -3.60. The van der Waals surface area contributed by atoms with Crippen molar-refractivity contribution in [3.8, 4) is 11.5 Å². The summed E-state index contributed by atoms with van der Waals surface area (Å²) in [6.07, 6.45) is 0. The summed E-state index contributed by atoms with van der Waals surface area (Å²) in [5.74, 6) is 0.306. The van der Waals surface area contributed by atoms with E-state index in [2.05, 4.69) is 5.32 Å². The molecule has 0 aliphatic carbocycles. The molecule has 0 fully saturated rings. The van der Waals surface area contributed by atoms with E-state index in [0.717, 1.165) is 5.56 Å². The van der Waals surface area contributed by atoms with E-state index < -0.39 is 5.97 Å². The van der Waals surface area contributed by atoms with Crippen molar-refractivity contribution in [3.63, 3.8) is 0 Å². The van der Waals surface area contributed by atoms with E-state index in [1.807, 2.05) is 37.3 Å². The topological polar surface area (TPSA) is 64.6 Å². The molecule has 3 aromatic carbocycles. The van der Waals surface area contributed by atoms with Gasteiger partial charge >= 0.3 is 5.97 Å². The Bertz CT molecular complexity index is 966. The number of anilines is 1. The van der Waals surface area contributed by atoms with Crippen molar-refractivity contribution in [3.05, 3.63) is 89.5 Å². The summed E-state index contributed by atoms with van der Waals surface area (Å²) in [4.78, 5) is 24.7. The number of carbonyl (C=O) groups is 2. The van der Waals surface area contributed by atoms with Crippen LogP contribution < -0.4 is 10.1 Å². The molecular formula is C23H21NO4. The molecule has 0 atom stereocenters. The number of ether oxygens (including phenoxy) is 2. The van der Waals surface area contributed by atoms with Gasteiger partial charge in [-0.1, -0.05) is 35.9 Å². The first-order chi connectivity index (χ1) is 13.6. The third-order valence-corrected chi connectivity index (χ3v) is 4.02. The van der Waals surface area contributed by atoms with Gasteiger partial charge in [-0.2, -0.15) is 0 Å². The van der Waals surface area contributed by atoms with Crippen LogP contribution in [0.25, 0.3) is 0 Å². The van der Waals surface area contributed by atoms with Crippen LogP contribution in [0.3, 0.4) is 0 Å². The highest BCUT2D eigenvalue weighted by molar-refractivity contribution is 6.05. The largest absolute Gasteiger partial charge is 0.462 e. The fraction of sp³-hybridized carbons (Fsp3) is 0.130. The summed E-state index contributed by atoms with van der Waals surface area (Å²) in [6, 6.07) is 21.2. The van der Waals surface area contributed by atoms with Gasteiger partial charge < -0.3 is 14.8 Å². The van der Waals surface area contributed by atoms with Crippen LogP contribution >= 0.6 is 0 Å². The highest BCUT2D eigenvalue weighted by Crippen LogP contribution is 2.31. The fourth-order valence-corrected chi connectivity index (χ4v) is 2.58. The smallest absolute Gasteiger partial charge is 0.338 e. The quantitative estimate of drug-likeness (QED) is 0.600. The number of hydrogen-bond donors (Lipinski definition) is 1. The summed E-state index contributed by atoms with van der Waals surface area (Å²) in [5.41, 5.74) is 2.34. The highest BCUT2D eigenvalue weighted by Gasteiger charge is 2.15. The van der Waals surface area contributed by atoms with E-state index in [0.29, 0.717) is 28.3 Å². The van der Waals surface area contributed by atoms with Gasteiger partial charge in [0.25, 0.3) is 5.91 Å². The number of nitrogens with one attached hydrogen (secondary N) is 1. The average Bonchev–Trinajstić information content (AvgIpc) is 2.71. The van der Waals surface area contributed by atoms with Gasteiger partial charge in [0.05, 0.1) is 17.9 Å². The van der Waals surface area contributed by atoms with Crippen LogP contribution in [-0.2, 0) is 4.74 Å². The van der Waals surface area contributed by atoms with Gasteiger partial charge in [-0.25, -0.2) is 4.79 Å². The standard InChI is InChI=1S/C23H21NO4/c1-3-27-23(26)18-11-14-21(28-19-12-9-16(2)10-13-19)20(15-18)24-22(25)17-7-5-4-6-8-17/h4-15H,3H2,1-2H3,(H,24,25). The molecule has 0 saturated carbocycles. The molecule has 0 heterocycles. The fourth-order valence-electron chi connectivity index (χ4n) is 2.58. The lowest BCUT2D eigenvalue weighted by Crippen LogP contribution is -2.13. The van der Waals surface area contributed by atoms with E-state index in [9.17, 15) is 9.59 Å². The lowest BCUT2D eigenvalue weighted by molar-refractivity contribution is 0.0526. The Kier molecular flexibility index (Phi) is 6.07. The van der Waals surface area contributed by atoms with Gasteiger partial charge in [0.2, 0.25) is 0 Å². The summed E-state index contributed by atoms with van der Waals surface area (Å²) >= 11 is 0. The third kappa shape index (κ3) is 4.76. The maximum atomic E-state index is 12.6. The zero-order chi connectivity index (χ0) is 19.9. The Balaban J connectivity index is 1.92. The minimum Gasteiger partial charge on any atom is -0.462 e. The molecule has 5 heteroatoms. The molecule has 142 valence electrons. The number of hydrogen-bond acceptors (Lipinski definition) is 4. The molecule has 1 amide bonds. The number of rotatable bonds is 6. The molecular weight excluding hydrogens is 354 g/mol. The monoisotopic (exact) mass is 375 g/mol. The summed E-state index contributed by atoms with van der Waals surface area (Å²) in [5, 5.41) is 2.82. The predicted octanol–water partition coefficient (Wildman–Crippen LogP) is 5.22. The number of carbonyl (C=O) groups excluding carboxylic acids is 2. The van der Waals surface area contributed by atoms with Crippen LogP contribution in [0.2, 0.25) is 0 Å². The first-order valence-electron chi connectivity index (χ1n) is 8.99. The van der Waals surface area contributed by atoms with E-state index in [4.69, 9.17) is 9.47 Å². The Morgan fingerprint density at radius 3 is 2.29 bits per heavy atom. The highest BCUT2D eigenvalue weighted by atomic mass is 16.5. The number of esters is 1. The van der Waals surface area contributed by atoms with Crippen molar-refractivity contribution in [1.82, 2.24) is 0 Å². The first kappa shape index (κ1) is 19.2. The molecule has 0 aliphatic rings. The lowest BCUT2D eigenvalue weighted by Gasteiger charge is -2.14. The van der Waals surface area contributed by atoms with Crippen LogP contribution in [0, 0.1) is 6.92 Å². The van der Waals surface area contributed by atoms with Gasteiger partial charge in [0.1, 0.15) is 5.75 Å². The molecule has 0 saturated heterocycles. The summed E-state index contributed by atoms with van der Waals surface area (Å²) in [6.45, 7) is 4.00. The van der Waals surface area contributed by atoms with Crippen molar-refractivity contribution in [2.24, 2.45) is 0 Å². The molecule has 3 rings (SSSR count). The van der Waals surface area contributed by atoms with Crippen molar-refractivity contribution in [2.45, 2.75) is 13.8 Å². The molecule has 3 aromatic rings. The molecule has 0 spiro atoms. The summed E-state index contributed by atoms with van der Waals surface area (Å²) in [7, 11) is 0. The second kappa shape index (κ2) is 8.86. The molecule has 0 radical (unpaired) electrons. The van der Waals surface area contributed by atoms with E-state index in [1.54, 1.807) is 49.4 Å². The van der Waals surface area contributed by atoms with E-state index in [1.165, 1.54) is 0 Å². The maximum Gasteiger partial charge on any atom is 0.338 e. The van der Waals surface area contributed by atoms with Crippen molar-refractivity contribution in [1.29, 1.82) is 0 Å². The first-order valence-corrected chi connectivity index (χ1v) is 8.99. The maximum absolute atomic E-state index is 12.6. The lowest BCUT2D eigenvalue weighted by atomic mass is 10.1. The number of amides is 1. The van der Waals surface area contributed by atoms with Gasteiger partial charge in [0, 0.05) is 5.56 Å². The zero-order valence-corrected chi connectivity index (χ0v) is 15.8. The van der Waals surface area contributed by atoms with E-state index >= 15 is 0 Å². The minimum atomic E-state index is -0.459. The zero-order valence-electron chi connectivity index (χ0n) is 15.8. The molecule has 0 aromatic heterocycles. The van der Waals surface area contributed by atoms with Crippen molar-refractivity contribution < 1.29 is 19.1 Å². The molecule has 0 bridgehead atoms. The normalized spacial score (nSPS) is 10.2. The average molecular weight is 375 g/mol. The SMILES string of the molecule is CCOC(=O)c1ccc(Oc2ccc(C)cc2)c(NC(=O)c2ccccc2)c1. The molecule has 0 aliphatic heterocycles.